The van der Waals surface area contributed by atoms with E-state index in [4.69, 9.17) is 0 Å². The summed E-state index contributed by atoms with van der Waals surface area (Å²) in [5.41, 5.74) is 2.70. The molecule has 0 unspecified atom stereocenters. The number of nitrogens with zero attached hydrogens (tertiary/aromatic N) is 2. The van der Waals surface area contributed by atoms with E-state index in [1.807, 2.05) is 11.1 Å². The Labute approximate surface area is 82.8 Å². The van der Waals surface area contributed by atoms with Gasteiger partial charge in [-0.2, -0.15) is 4.99 Å². The van der Waals surface area contributed by atoms with E-state index >= 15 is 0 Å². The fourth-order valence-electron chi connectivity index (χ4n) is 2.35. The molecule has 1 aliphatic carbocycles. The highest BCUT2D eigenvalue weighted by atomic mass is 16.2. The zero-order valence-electron chi connectivity index (χ0n) is 7.99. The van der Waals surface area contributed by atoms with Crippen molar-refractivity contribution in [3.8, 4) is 0 Å². The topological polar surface area (TPSA) is 32.7 Å². The molecular weight excluding hydrogens is 176 g/mol. The maximum absolute atomic E-state index is 11.2. The van der Waals surface area contributed by atoms with E-state index in [1.54, 1.807) is 0 Å². The van der Waals surface area contributed by atoms with E-state index in [-0.39, 0.29) is 5.91 Å². The van der Waals surface area contributed by atoms with Crippen molar-refractivity contribution in [3.05, 3.63) is 23.4 Å². The molecule has 72 valence electrons. The second-order valence-corrected chi connectivity index (χ2v) is 3.98. The molecule has 2 aliphatic heterocycles. The third-order valence-electron chi connectivity index (χ3n) is 3.04. The number of carbonyl (C=O) groups excluding carboxylic acids is 1. The number of hydrogen-bond donors (Lipinski definition) is 0. The Bertz CT molecular complexity index is 390. The average molecular weight is 188 g/mol. The molecule has 0 radical (unpaired) electrons. The van der Waals surface area contributed by atoms with Crippen LogP contribution in [0.3, 0.4) is 0 Å². The third-order valence-corrected chi connectivity index (χ3v) is 3.04. The summed E-state index contributed by atoms with van der Waals surface area (Å²) in [4.78, 5) is 17.3. The van der Waals surface area contributed by atoms with Gasteiger partial charge in [0, 0.05) is 6.20 Å². The summed E-state index contributed by atoms with van der Waals surface area (Å²) in [5.74, 6) is 0.913. The number of amides is 1. The highest BCUT2D eigenvalue weighted by Gasteiger charge is 2.29. The Morgan fingerprint density at radius 2 is 2.14 bits per heavy atom. The summed E-state index contributed by atoms with van der Waals surface area (Å²) in [7, 11) is 0. The molecular formula is C11H12N2O. The highest BCUT2D eigenvalue weighted by Crippen LogP contribution is 2.32. The third kappa shape index (κ3) is 1.05. The summed E-state index contributed by atoms with van der Waals surface area (Å²) in [6, 6.07) is 0. The van der Waals surface area contributed by atoms with Gasteiger partial charge in [-0.3, -0.25) is 4.79 Å². The Kier molecular flexibility index (Phi) is 1.60. The quantitative estimate of drug-likeness (QED) is 0.578. The molecule has 1 amide bonds. The van der Waals surface area contributed by atoms with Crippen molar-refractivity contribution < 1.29 is 4.79 Å². The van der Waals surface area contributed by atoms with Crippen LogP contribution in [0.1, 0.15) is 25.7 Å². The number of rotatable bonds is 0. The van der Waals surface area contributed by atoms with Crippen molar-refractivity contribution in [2.45, 2.75) is 25.7 Å². The van der Waals surface area contributed by atoms with Gasteiger partial charge in [0.2, 0.25) is 0 Å². The molecule has 3 nitrogen and oxygen atoms in total. The minimum absolute atomic E-state index is 0.0102. The van der Waals surface area contributed by atoms with Crippen molar-refractivity contribution in [1.82, 2.24) is 4.90 Å². The van der Waals surface area contributed by atoms with Crippen LogP contribution in [-0.2, 0) is 4.79 Å². The number of hydrogen-bond acceptors (Lipinski definition) is 2. The van der Waals surface area contributed by atoms with Gasteiger partial charge < -0.3 is 4.90 Å². The van der Waals surface area contributed by atoms with Gasteiger partial charge in [0.25, 0.3) is 5.91 Å². The SMILES string of the molecule is O=C1CN2C=CC3=C(CCCC3)C2=N1. The monoisotopic (exact) mass is 188 g/mol. The fourth-order valence-corrected chi connectivity index (χ4v) is 2.35. The molecule has 0 aromatic carbocycles. The molecule has 3 heteroatoms. The van der Waals surface area contributed by atoms with Crippen LogP contribution in [0.2, 0.25) is 0 Å². The van der Waals surface area contributed by atoms with Crippen LogP contribution in [0.4, 0.5) is 0 Å². The lowest BCUT2D eigenvalue weighted by molar-refractivity contribution is -0.116. The summed E-state index contributed by atoms with van der Waals surface area (Å²) in [6.45, 7) is 0.433. The van der Waals surface area contributed by atoms with Gasteiger partial charge in [-0.1, -0.05) is 0 Å². The standard InChI is InChI=1S/C11H12N2O/c14-10-7-13-6-5-8-3-1-2-4-9(8)11(13)12-10/h5-6H,1-4,7H2. The number of allylic oxidation sites excluding steroid dienone is 2. The number of amidine groups is 1. The van der Waals surface area contributed by atoms with Crippen molar-refractivity contribution in [2.24, 2.45) is 4.99 Å². The summed E-state index contributed by atoms with van der Waals surface area (Å²) < 4.78 is 0. The van der Waals surface area contributed by atoms with Gasteiger partial charge in [-0.25, -0.2) is 0 Å². The molecule has 0 aromatic rings. The molecule has 0 N–H and O–H groups in total. The van der Waals surface area contributed by atoms with Crippen LogP contribution in [0.5, 0.6) is 0 Å². The molecule has 0 fully saturated rings. The number of carbonyl (C=O) groups is 1. The minimum Gasteiger partial charge on any atom is -0.323 e. The molecule has 3 aliphatic rings. The normalized spacial score (nSPS) is 25.0. The summed E-state index contributed by atoms with van der Waals surface area (Å²) >= 11 is 0. The van der Waals surface area contributed by atoms with Crippen molar-refractivity contribution in [2.75, 3.05) is 6.54 Å². The Morgan fingerprint density at radius 1 is 1.29 bits per heavy atom. The van der Waals surface area contributed by atoms with E-state index in [2.05, 4.69) is 11.1 Å². The van der Waals surface area contributed by atoms with Crippen molar-refractivity contribution in [1.29, 1.82) is 0 Å². The largest absolute Gasteiger partial charge is 0.323 e. The number of aliphatic imine (C=N–C) groups is 1. The number of fused-ring (bicyclic) bond motifs is 2. The summed E-state index contributed by atoms with van der Waals surface area (Å²) in [5, 5.41) is 0. The average Bonchev–Trinajstić information content (AvgIpc) is 2.59. The Balaban J connectivity index is 2.07. The van der Waals surface area contributed by atoms with Crippen molar-refractivity contribution >= 4 is 11.7 Å². The smallest absolute Gasteiger partial charge is 0.267 e. The molecule has 3 rings (SSSR count). The Morgan fingerprint density at radius 3 is 3.07 bits per heavy atom. The maximum Gasteiger partial charge on any atom is 0.267 e. The lowest BCUT2D eigenvalue weighted by Crippen LogP contribution is -2.28. The first-order valence-corrected chi connectivity index (χ1v) is 5.13. The second kappa shape index (κ2) is 2.80. The molecule has 0 atom stereocenters. The summed E-state index contributed by atoms with van der Waals surface area (Å²) in [6.07, 6.45) is 8.87. The van der Waals surface area contributed by atoms with Gasteiger partial charge in [0.05, 0.1) is 0 Å². The lowest BCUT2D eigenvalue weighted by Gasteiger charge is -2.26. The predicted molar refractivity (Wildman–Crippen MR) is 53.8 cm³/mol. The molecule has 14 heavy (non-hydrogen) atoms. The zero-order valence-corrected chi connectivity index (χ0v) is 7.99. The van der Waals surface area contributed by atoms with Crippen molar-refractivity contribution in [3.63, 3.8) is 0 Å². The van der Waals surface area contributed by atoms with Crippen LogP contribution in [0, 0.1) is 0 Å². The van der Waals surface area contributed by atoms with Gasteiger partial charge >= 0.3 is 0 Å². The first-order chi connectivity index (χ1) is 6.84. The van der Waals surface area contributed by atoms with Crippen LogP contribution in [0.25, 0.3) is 0 Å². The lowest BCUT2D eigenvalue weighted by atomic mass is 9.89. The van der Waals surface area contributed by atoms with E-state index in [1.165, 1.54) is 24.0 Å². The van der Waals surface area contributed by atoms with Gasteiger partial charge in [-0.05, 0) is 42.9 Å². The minimum atomic E-state index is -0.0102. The van der Waals surface area contributed by atoms with Gasteiger partial charge in [0.1, 0.15) is 12.4 Å². The predicted octanol–water partition coefficient (Wildman–Crippen LogP) is 1.63. The Hall–Kier alpha value is -1.38. The fraction of sp³-hybridized carbons (Fsp3) is 0.455. The van der Waals surface area contributed by atoms with Crippen LogP contribution >= 0.6 is 0 Å². The molecule has 0 spiro atoms. The van der Waals surface area contributed by atoms with Gasteiger partial charge in [0.15, 0.2) is 0 Å². The van der Waals surface area contributed by atoms with E-state index in [0.717, 1.165) is 18.7 Å². The first-order valence-electron chi connectivity index (χ1n) is 5.13. The molecule has 0 bridgehead atoms. The van der Waals surface area contributed by atoms with Gasteiger partial charge in [-0.15, -0.1) is 0 Å². The molecule has 0 saturated carbocycles. The first kappa shape index (κ1) is 7.97. The molecule has 0 aromatic heterocycles. The van der Waals surface area contributed by atoms with Crippen LogP contribution in [-0.4, -0.2) is 23.2 Å². The maximum atomic E-state index is 11.2. The van der Waals surface area contributed by atoms with Crippen LogP contribution in [0.15, 0.2) is 28.4 Å². The van der Waals surface area contributed by atoms with E-state index in [0.29, 0.717) is 6.54 Å². The highest BCUT2D eigenvalue weighted by molar-refractivity contribution is 6.12. The van der Waals surface area contributed by atoms with E-state index < -0.39 is 0 Å². The molecule has 2 heterocycles. The van der Waals surface area contributed by atoms with E-state index in [9.17, 15) is 4.79 Å². The zero-order chi connectivity index (χ0) is 9.54. The second-order valence-electron chi connectivity index (χ2n) is 3.98. The molecule has 0 saturated heterocycles. The van der Waals surface area contributed by atoms with Crippen LogP contribution < -0.4 is 0 Å².